The number of aromatic nitrogens is 1. The quantitative estimate of drug-likeness (QED) is 0.621. The van der Waals surface area contributed by atoms with E-state index in [0.29, 0.717) is 5.11 Å². The van der Waals surface area contributed by atoms with Crippen molar-refractivity contribution in [2.24, 2.45) is 0 Å². The number of hydrogen-bond donors (Lipinski definition) is 2. The van der Waals surface area contributed by atoms with Crippen molar-refractivity contribution in [3.8, 4) is 0 Å². The Hall–Kier alpha value is -1.20. The summed E-state index contributed by atoms with van der Waals surface area (Å²) in [5.74, 6) is 0.805. The molecule has 1 atom stereocenters. The van der Waals surface area contributed by atoms with Crippen LogP contribution in [0.3, 0.4) is 0 Å². The third-order valence-corrected chi connectivity index (χ3v) is 4.50. The summed E-state index contributed by atoms with van der Waals surface area (Å²) in [6.07, 6.45) is 6.50. The van der Waals surface area contributed by atoms with Crippen LogP contribution < -0.4 is 10.6 Å². The second-order valence-corrected chi connectivity index (χ2v) is 6.40. The molecule has 0 saturated carbocycles. The van der Waals surface area contributed by atoms with Crippen molar-refractivity contribution in [2.75, 3.05) is 25.0 Å². The van der Waals surface area contributed by atoms with Crippen molar-refractivity contribution < 1.29 is 0 Å². The number of hydrogen-bond acceptors (Lipinski definition) is 3. The van der Waals surface area contributed by atoms with E-state index >= 15 is 0 Å². The van der Waals surface area contributed by atoms with Gasteiger partial charge in [-0.25, -0.2) is 4.98 Å². The number of nitrogens with zero attached hydrogens (tertiary/aromatic N) is 2. The van der Waals surface area contributed by atoms with E-state index in [0.717, 1.165) is 37.1 Å². The maximum absolute atomic E-state index is 5.32. The molecule has 0 aromatic carbocycles. The Morgan fingerprint density at radius 3 is 3.05 bits per heavy atom. The topological polar surface area (TPSA) is 40.2 Å². The zero-order chi connectivity index (χ0) is 15.8. The average Bonchev–Trinajstić information content (AvgIpc) is 2.52. The number of thiocarbonyl (C=S) groups is 1. The maximum Gasteiger partial charge on any atom is 0.171 e. The molecular formula is C17H28N4S. The van der Waals surface area contributed by atoms with E-state index in [1.165, 1.54) is 32.2 Å². The molecule has 0 spiro atoms. The summed E-state index contributed by atoms with van der Waals surface area (Å²) >= 11 is 5.32. The van der Waals surface area contributed by atoms with Gasteiger partial charge in [0.15, 0.2) is 5.11 Å². The minimum atomic E-state index is 0.656. The summed E-state index contributed by atoms with van der Waals surface area (Å²) in [7, 11) is 0. The second-order valence-electron chi connectivity index (χ2n) is 5.99. The van der Waals surface area contributed by atoms with Gasteiger partial charge in [-0.3, -0.25) is 0 Å². The summed E-state index contributed by atoms with van der Waals surface area (Å²) in [6, 6.07) is 6.68. The van der Waals surface area contributed by atoms with Gasteiger partial charge in [-0.05, 0) is 63.5 Å². The van der Waals surface area contributed by atoms with Gasteiger partial charge in [0.05, 0.1) is 0 Å². The fraction of sp³-hybridized carbons (Fsp3) is 0.647. The first-order valence-corrected chi connectivity index (χ1v) is 8.82. The lowest BCUT2D eigenvalue weighted by Crippen LogP contribution is -2.41. The van der Waals surface area contributed by atoms with E-state index in [2.05, 4.69) is 27.4 Å². The molecule has 0 radical (unpaired) electrons. The Morgan fingerprint density at radius 2 is 2.27 bits per heavy atom. The number of rotatable bonds is 6. The predicted octanol–water partition coefficient (Wildman–Crippen LogP) is 3.33. The van der Waals surface area contributed by atoms with Gasteiger partial charge in [0.2, 0.25) is 0 Å². The van der Waals surface area contributed by atoms with Crippen molar-refractivity contribution >= 4 is 23.1 Å². The molecule has 0 aliphatic carbocycles. The molecule has 2 heterocycles. The fourth-order valence-corrected chi connectivity index (χ4v) is 3.28. The molecule has 1 aromatic rings. The number of aryl methyl sites for hydroxylation is 1. The zero-order valence-electron chi connectivity index (χ0n) is 13.8. The summed E-state index contributed by atoms with van der Waals surface area (Å²) in [4.78, 5) is 7.03. The Bertz CT molecular complexity index is 477. The first-order valence-electron chi connectivity index (χ1n) is 8.41. The van der Waals surface area contributed by atoms with Crippen LogP contribution in [0, 0.1) is 6.92 Å². The first-order chi connectivity index (χ1) is 10.7. The molecule has 1 saturated heterocycles. The lowest BCUT2D eigenvalue weighted by atomic mass is 10.00. The van der Waals surface area contributed by atoms with Crippen LogP contribution in [0.25, 0.3) is 0 Å². The largest absolute Gasteiger partial charge is 0.362 e. The molecule has 5 heteroatoms. The minimum absolute atomic E-state index is 0.656. The number of pyridine rings is 1. The summed E-state index contributed by atoms with van der Waals surface area (Å²) in [6.45, 7) is 7.61. The highest BCUT2D eigenvalue weighted by molar-refractivity contribution is 7.80. The molecule has 0 bridgehead atoms. The van der Waals surface area contributed by atoms with Crippen molar-refractivity contribution in [3.63, 3.8) is 0 Å². The van der Waals surface area contributed by atoms with Crippen LogP contribution in [-0.4, -0.2) is 40.7 Å². The van der Waals surface area contributed by atoms with Crippen LogP contribution in [0.15, 0.2) is 18.2 Å². The van der Waals surface area contributed by atoms with E-state index in [9.17, 15) is 0 Å². The van der Waals surface area contributed by atoms with Crippen LogP contribution >= 0.6 is 12.2 Å². The molecule has 2 N–H and O–H groups in total. The van der Waals surface area contributed by atoms with Crippen molar-refractivity contribution in [3.05, 3.63) is 23.9 Å². The van der Waals surface area contributed by atoms with Gasteiger partial charge in [-0.2, -0.15) is 0 Å². The first kappa shape index (κ1) is 17.2. The molecule has 1 aromatic heterocycles. The zero-order valence-corrected chi connectivity index (χ0v) is 14.6. The van der Waals surface area contributed by atoms with Gasteiger partial charge < -0.3 is 15.5 Å². The standard InChI is InChI=1S/C17H28N4S/c1-3-15-9-4-5-12-21(15)13-7-11-18-17(22)20-16-10-6-8-14(2)19-16/h6,8,10,15H,3-5,7,9,11-13H2,1-2H3,(H2,18,19,20,22). The maximum atomic E-state index is 5.32. The third-order valence-electron chi connectivity index (χ3n) is 4.26. The van der Waals surface area contributed by atoms with Gasteiger partial charge >= 0.3 is 0 Å². The molecule has 22 heavy (non-hydrogen) atoms. The highest BCUT2D eigenvalue weighted by Crippen LogP contribution is 2.19. The van der Waals surface area contributed by atoms with Gasteiger partial charge in [0, 0.05) is 24.8 Å². The number of nitrogens with one attached hydrogen (secondary N) is 2. The van der Waals surface area contributed by atoms with Gasteiger partial charge in [0.25, 0.3) is 0 Å². The second kappa shape index (κ2) is 9.06. The Labute approximate surface area is 139 Å². The lowest BCUT2D eigenvalue weighted by Gasteiger charge is -2.35. The highest BCUT2D eigenvalue weighted by Gasteiger charge is 2.19. The molecule has 4 nitrogen and oxygen atoms in total. The minimum Gasteiger partial charge on any atom is -0.362 e. The third kappa shape index (κ3) is 5.54. The molecule has 1 fully saturated rings. The summed E-state index contributed by atoms with van der Waals surface area (Å²) < 4.78 is 0. The number of anilines is 1. The average molecular weight is 321 g/mol. The monoisotopic (exact) mass is 320 g/mol. The van der Waals surface area contributed by atoms with Gasteiger partial charge in [-0.1, -0.05) is 19.4 Å². The molecule has 1 aliphatic heterocycles. The van der Waals surface area contributed by atoms with Gasteiger partial charge in [0.1, 0.15) is 5.82 Å². The number of likely N-dealkylation sites (tertiary alicyclic amines) is 1. The fourth-order valence-electron chi connectivity index (χ4n) is 3.07. The highest BCUT2D eigenvalue weighted by atomic mass is 32.1. The van der Waals surface area contributed by atoms with Crippen molar-refractivity contribution in [2.45, 2.75) is 52.0 Å². The van der Waals surface area contributed by atoms with Gasteiger partial charge in [-0.15, -0.1) is 0 Å². The van der Waals surface area contributed by atoms with E-state index in [-0.39, 0.29) is 0 Å². The van der Waals surface area contributed by atoms with Crippen LogP contribution in [0.1, 0.15) is 44.7 Å². The SMILES string of the molecule is CCC1CCCCN1CCCNC(=S)Nc1cccc(C)n1. The van der Waals surface area contributed by atoms with Crippen LogP contribution in [0.5, 0.6) is 0 Å². The predicted molar refractivity (Wildman–Crippen MR) is 97.3 cm³/mol. The van der Waals surface area contributed by atoms with E-state index < -0.39 is 0 Å². The van der Waals surface area contributed by atoms with Crippen LogP contribution in [-0.2, 0) is 0 Å². The number of piperidine rings is 1. The van der Waals surface area contributed by atoms with E-state index in [1.807, 2.05) is 25.1 Å². The van der Waals surface area contributed by atoms with E-state index in [4.69, 9.17) is 12.2 Å². The molecule has 1 aliphatic rings. The Kier molecular flexibility index (Phi) is 7.06. The Morgan fingerprint density at radius 1 is 1.41 bits per heavy atom. The van der Waals surface area contributed by atoms with Crippen molar-refractivity contribution in [1.29, 1.82) is 0 Å². The van der Waals surface area contributed by atoms with Crippen LogP contribution in [0.4, 0.5) is 5.82 Å². The van der Waals surface area contributed by atoms with Crippen molar-refractivity contribution in [1.82, 2.24) is 15.2 Å². The van der Waals surface area contributed by atoms with E-state index in [1.54, 1.807) is 0 Å². The lowest BCUT2D eigenvalue weighted by molar-refractivity contribution is 0.143. The molecule has 122 valence electrons. The normalized spacial score (nSPS) is 18.9. The summed E-state index contributed by atoms with van der Waals surface area (Å²) in [5.41, 5.74) is 0.989. The van der Waals surface area contributed by atoms with Crippen LogP contribution in [0.2, 0.25) is 0 Å². The molecular weight excluding hydrogens is 292 g/mol. The molecule has 2 rings (SSSR count). The molecule has 0 amide bonds. The molecule has 1 unspecified atom stereocenters. The smallest absolute Gasteiger partial charge is 0.171 e. The Balaban J connectivity index is 1.64. The summed E-state index contributed by atoms with van der Waals surface area (Å²) in [5, 5.41) is 7.07.